The van der Waals surface area contributed by atoms with E-state index in [1.807, 2.05) is 6.07 Å². The average molecular weight is 296 g/mol. The van der Waals surface area contributed by atoms with E-state index in [2.05, 4.69) is 0 Å². The van der Waals surface area contributed by atoms with Crippen molar-refractivity contribution in [2.45, 2.75) is 13.2 Å². The molecule has 0 aromatic heterocycles. The molecule has 3 nitrogen and oxygen atoms in total. The van der Waals surface area contributed by atoms with E-state index in [1.165, 1.54) is 18.2 Å². The molecule has 5 heteroatoms. The van der Waals surface area contributed by atoms with Gasteiger partial charge in [0.1, 0.15) is 23.9 Å². The van der Waals surface area contributed by atoms with Crippen LogP contribution in [-0.4, -0.2) is 7.11 Å². The SMILES string of the molecule is COc1ccc(OCc2cc(F)ccc2Cl)c(CN)c1. The molecule has 0 amide bonds. The van der Waals surface area contributed by atoms with Gasteiger partial charge in [-0.2, -0.15) is 0 Å². The lowest BCUT2D eigenvalue weighted by Crippen LogP contribution is -2.03. The number of halogens is 2. The summed E-state index contributed by atoms with van der Waals surface area (Å²) < 4.78 is 24.0. The summed E-state index contributed by atoms with van der Waals surface area (Å²) in [5.74, 6) is 0.997. The minimum absolute atomic E-state index is 0.177. The molecule has 0 radical (unpaired) electrons. The van der Waals surface area contributed by atoms with Gasteiger partial charge < -0.3 is 15.2 Å². The molecule has 0 bridgehead atoms. The first-order valence-corrected chi connectivity index (χ1v) is 6.45. The van der Waals surface area contributed by atoms with Gasteiger partial charge in [-0.3, -0.25) is 0 Å². The molecule has 0 aliphatic heterocycles. The fraction of sp³-hybridized carbons (Fsp3) is 0.200. The molecule has 0 saturated carbocycles. The van der Waals surface area contributed by atoms with E-state index in [0.29, 0.717) is 28.6 Å². The zero-order valence-corrected chi connectivity index (χ0v) is 11.8. The summed E-state index contributed by atoms with van der Waals surface area (Å²) in [6.45, 7) is 0.499. The largest absolute Gasteiger partial charge is 0.497 e. The van der Waals surface area contributed by atoms with Crippen LogP contribution < -0.4 is 15.2 Å². The molecular weight excluding hydrogens is 281 g/mol. The summed E-state index contributed by atoms with van der Waals surface area (Å²) in [7, 11) is 1.59. The van der Waals surface area contributed by atoms with Crippen molar-refractivity contribution in [3.05, 3.63) is 58.4 Å². The highest BCUT2D eigenvalue weighted by Crippen LogP contribution is 2.26. The first-order valence-electron chi connectivity index (χ1n) is 6.07. The average Bonchev–Trinajstić information content (AvgIpc) is 2.48. The second-order valence-corrected chi connectivity index (χ2v) is 4.61. The van der Waals surface area contributed by atoms with E-state index in [9.17, 15) is 4.39 Å². The summed E-state index contributed by atoms with van der Waals surface area (Å²) in [4.78, 5) is 0. The Balaban J connectivity index is 2.16. The molecule has 0 atom stereocenters. The van der Waals surface area contributed by atoms with Crippen molar-refractivity contribution in [2.75, 3.05) is 7.11 Å². The van der Waals surface area contributed by atoms with Crippen LogP contribution in [0.2, 0.25) is 5.02 Å². The lowest BCUT2D eigenvalue weighted by atomic mass is 10.2. The predicted molar refractivity (Wildman–Crippen MR) is 76.6 cm³/mol. The molecule has 0 saturated heterocycles. The molecular formula is C15H15ClFNO2. The standard InChI is InChI=1S/C15H15ClFNO2/c1-19-13-3-5-15(10(7-13)8-18)20-9-11-6-12(17)2-4-14(11)16/h2-7H,8-9,18H2,1H3. The number of rotatable bonds is 5. The maximum Gasteiger partial charge on any atom is 0.124 e. The fourth-order valence-corrected chi connectivity index (χ4v) is 1.96. The Morgan fingerprint density at radius 2 is 1.95 bits per heavy atom. The minimum Gasteiger partial charge on any atom is -0.497 e. The zero-order chi connectivity index (χ0) is 14.5. The number of nitrogens with two attached hydrogens (primary N) is 1. The van der Waals surface area contributed by atoms with E-state index in [0.717, 1.165) is 5.56 Å². The van der Waals surface area contributed by atoms with Crippen LogP contribution >= 0.6 is 11.6 Å². The number of hydrogen-bond donors (Lipinski definition) is 1. The van der Waals surface area contributed by atoms with Gasteiger partial charge in [-0.15, -0.1) is 0 Å². The third kappa shape index (κ3) is 3.40. The van der Waals surface area contributed by atoms with Crippen molar-refractivity contribution in [1.82, 2.24) is 0 Å². The monoisotopic (exact) mass is 295 g/mol. The summed E-state index contributed by atoms with van der Waals surface area (Å²) >= 11 is 5.99. The first kappa shape index (κ1) is 14.6. The van der Waals surface area contributed by atoms with Gasteiger partial charge >= 0.3 is 0 Å². The topological polar surface area (TPSA) is 44.5 Å². The van der Waals surface area contributed by atoms with Gasteiger partial charge in [-0.25, -0.2) is 4.39 Å². The lowest BCUT2D eigenvalue weighted by molar-refractivity contribution is 0.301. The minimum atomic E-state index is -0.346. The number of hydrogen-bond acceptors (Lipinski definition) is 3. The molecule has 0 aliphatic carbocycles. The van der Waals surface area contributed by atoms with Gasteiger partial charge in [0.05, 0.1) is 7.11 Å². The van der Waals surface area contributed by atoms with Crippen molar-refractivity contribution in [1.29, 1.82) is 0 Å². The van der Waals surface area contributed by atoms with Gasteiger partial charge in [0.25, 0.3) is 0 Å². The van der Waals surface area contributed by atoms with Crippen molar-refractivity contribution in [3.8, 4) is 11.5 Å². The molecule has 20 heavy (non-hydrogen) atoms. The summed E-state index contributed by atoms with van der Waals surface area (Å²) in [6, 6.07) is 9.53. The Bertz CT molecular complexity index is 604. The van der Waals surface area contributed by atoms with Crippen molar-refractivity contribution in [2.24, 2.45) is 5.73 Å². The Hall–Kier alpha value is -1.78. The van der Waals surface area contributed by atoms with Gasteiger partial charge in [0.2, 0.25) is 0 Å². The fourth-order valence-electron chi connectivity index (χ4n) is 1.79. The molecule has 0 unspecified atom stereocenters. The molecule has 2 aromatic carbocycles. The smallest absolute Gasteiger partial charge is 0.124 e. The van der Waals surface area contributed by atoms with E-state index >= 15 is 0 Å². The second kappa shape index (κ2) is 6.59. The Kier molecular flexibility index (Phi) is 4.82. The van der Waals surface area contributed by atoms with Crippen molar-refractivity contribution in [3.63, 3.8) is 0 Å². The van der Waals surface area contributed by atoms with Crippen molar-refractivity contribution >= 4 is 11.6 Å². The van der Waals surface area contributed by atoms with Crippen LogP contribution in [0.4, 0.5) is 4.39 Å². The van der Waals surface area contributed by atoms with Crippen LogP contribution in [-0.2, 0) is 13.2 Å². The van der Waals surface area contributed by atoms with Gasteiger partial charge in [0.15, 0.2) is 0 Å². The molecule has 2 aromatic rings. The predicted octanol–water partition coefficient (Wildman–Crippen LogP) is 3.53. The summed E-state index contributed by atoms with van der Waals surface area (Å²) in [5.41, 5.74) is 7.08. The maximum absolute atomic E-state index is 13.2. The van der Waals surface area contributed by atoms with Crippen molar-refractivity contribution < 1.29 is 13.9 Å². The molecule has 0 fully saturated rings. The quantitative estimate of drug-likeness (QED) is 0.918. The Labute approximate surface area is 122 Å². The van der Waals surface area contributed by atoms with Crippen LogP contribution in [0.3, 0.4) is 0 Å². The molecule has 2 N–H and O–H groups in total. The van der Waals surface area contributed by atoms with Gasteiger partial charge in [-0.05, 0) is 36.4 Å². The number of ether oxygens (including phenoxy) is 2. The molecule has 0 aliphatic rings. The van der Waals surface area contributed by atoms with Crippen LogP contribution in [0.25, 0.3) is 0 Å². The van der Waals surface area contributed by atoms with E-state index in [1.54, 1.807) is 19.2 Å². The van der Waals surface area contributed by atoms with Gasteiger partial charge in [0, 0.05) is 22.7 Å². The normalized spacial score (nSPS) is 10.4. The van der Waals surface area contributed by atoms with E-state index in [-0.39, 0.29) is 12.4 Å². The van der Waals surface area contributed by atoms with E-state index in [4.69, 9.17) is 26.8 Å². The van der Waals surface area contributed by atoms with Gasteiger partial charge in [-0.1, -0.05) is 11.6 Å². The zero-order valence-electron chi connectivity index (χ0n) is 11.0. The molecule has 0 heterocycles. The summed E-state index contributed by atoms with van der Waals surface area (Å²) in [5, 5.41) is 0.467. The van der Waals surface area contributed by atoms with Crippen LogP contribution in [0.5, 0.6) is 11.5 Å². The van der Waals surface area contributed by atoms with Crippen LogP contribution in [0.15, 0.2) is 36.4 Å². The Morgan fingerprint density at radius 1 is 1.15 bits per heavy atom. The molecule has 106 valence electrons. The summed E-state index contributed by atoms with van der Waals surface area (Å²) in [6.07, 6.45) is 0. The number of benzene rings is 2. The lowest BCUT2D eigenvalue weighted by Gasteiger charge is -2.12. The van der Waals surface area contributed by atoms with Crippen LogP contribution in [0.1, 0.15) is 11.1 Å². The highest BCUT2D eigenvalue weighted by molar-refractivity contribution is 6.31. The third-order valence-corrected chi connectivity index (χ3v) is 3.25. The highest BCUT2D eigenvalue weighted by atomic mass is 35.5. The Morgan fingerprint density at radius 3 is 2.65 bits per heavy atom. The highest BCUT2D eigenvalue weighted by Gasteiger charge is 2.07. The molecule has 2 rings (SSSR count). The van der Waals surface area contributed by atoms with Crippen LogP contribution in [0, 0.1) is 5.82 Å². The first-order chi connectivity index (χ1) is 9.63. The molecule has 0 spiro atoms. The maximum atomic E-state index is 13.2. The third-order valence-electron chi connectivity index (χ3n) is 2.88. The van der Waals surface area contributed by atoms with E-state index < -0.39 is 0 Å². The second-order valence-electron chi connectivity index (χ2n) is 4.20. The number of methoxy groups -OCH3 is 1.